The third-order valence-corrected chi connectivity index (χ3v) is 20.1. The van der Waals surface area contributed by atoms with Gasteiger partial charge in [-0.1, -0.05) is 184 Å². The van der Waals surface area contributed by atoms with Crippen molar-refractivity contribution in [3.8, 4) is 39.1 Å². The van der Waals surface area contributed by atoms with Crippen molar-refractivity contribution in [2.45, 2.75) is 118 Å². The van der Waals surface area contributed by atoms with Gasteiger partial charge < -0.3 is 19.3 Å². The first kappa shape index (κ1) is 53.6. The summed E-state index contributed by atoms with van der Waals surface area (Å²) in [6.45, 7) is 13.2. The third-order valence-electron chi connectivity index (χ3n) is 20.1. The number of aromatic hydroxyl groups is 1. The minimum absolute atomic E-state index is 0.259. The van der Waals surface area contributed by atoms with Crippen molar-refractivity contribution in [3.05, 3.63) is 245 Å². The second-order valence-electron chi connectivity index (χ2n) is 25.2. The highest BCUT2D eigenvalue weighted by Gasteiger charge is 2.32. The number of rotatable bonds is 11. The fraction of sp³-hybridized carbons (Fsp3) is 0.220. The Hall–Kier alpha value is -9.12. The molecule has 12 aromatic carbocycles. The zero-order valence-electron chi connectivity index (χ0n) is 50.5. The first-order valence-electron chi connectivity index (χ1n) is 31.6. The highest BCUT2D eigenvalue weighted by molar-refractivity contribution is 6.30. The van der Waals surface area contributed by atoms with Gasteiger partial charge in [0.05, 0.1) is 22.7 Å². The number of benzene rings is 12. The molecule has 1 N–H and O–H groups in total. The molecule has 2 saturated carbocycles. The van der Waals surface area contributed by atoms with Crippen molar-refractivity contribution in [3.63, 3.8) is 0 Å². The van der Waals surface area contributed by atoms with E-state index in [1.54, 1.807) is 0 Å². The summed E-state index contributed by atoms with van der Waals surface area (Å²) in [5, 5.41) is 23.1. The van der Waals surface area contributed by atoms with Gasteiger partial charge in [-0.3, -0.25) is 0 Å². The van der Waals surface area contributed by atoms with Gasteiger partial charge in [0.2, 0.25) is 0 Å². The Morgan fingerprint density at radius 1 is 0.326 bits per heavy atom. The highest BCUT2D eigenvalue weighted by Crippen LogP contribution is 2.56. The number of phenolic OH excluding ortho intramolecular Hbond substituents is 1. The Morgan fingerprint density at radius 2 is 0.779 bits per heavy atom. The molecular weight excluding hydrogens is 1040 g/mol. The average Bonchev–Trinajstić information content (AvgIpc) is 1.37. The quantitative estimate of drug-likeness (QED) is 0.131. The first-order chi connectivity index (χ1) is 42.1. The van der Waals surface area contributed by atoms with Crippen LogP contribution in [0.25, 0.3) is 87.6 Å². The summed E-state index contributed by atoms with van der Waals surface area (Å²) in [7, 11) is 0. The minimum atomic E-state index is 0.259. The summed E-state index contributed by atoms with van der Waals surface area (Å²) >= 11 is 0. The van der Waals surface area contributed by atoms with E-state index in [1.807, 2.05) is 0 Å². The largest absolute Gasteiger partial charge is 0.505 e. The fourth-order valence-electron chi connectivity index (χ4n) is 15.2. The molecule has 4 heteroatoms. The summed E-state index contributed by atoms with van der Waals surface area (Å²) in [6, 6.07) is 74.4. The van der Waals surface area contributed by atoms with Crippen molar-refractivity contribution in [1.82, 2.24) is 0 Å². The lowest BCUT2D eigenvalue weighted by Gasteiger charge is -2.34. The number of furan rings is 1. The number of aryl methyl sites for hydroxylation is 6. The van der Waals surface area contributed by atoms with Crippen LogP contribution < -0.4 is 9.80 Å². The summed E-state index contributed by atoms with van der Waals surface area (Å²) < 4.78 is 7.41. The number of para-hydroxylation sites is 3. The van der Waals surface area contributed by atoms with Crippen LogP contribution in [0.5, 0.6) is 5.75 Å². The van der Waals surface area contributed by atoms with Crippen molar-refractivity contribution in [1.29, 1.82) is 0 Å². The lowest BCUT2D eigenvalue weighted by Crippen LogP contribution is -2.15. The average molecular weight is 1120 g/mol. The van der Waals surface area contributed by atoms with E-state index in [1.165, 1.54) is 126 Å². The van der Waals surface area contributed by atoms with Gasteiger partial charge >= 0.3 is 0 Å². The number of anilines is 6. The first-order valence-corrected chi connectivity index (χ1v) is 31.6. The predicted molar refractivity (Wildman–Crippen MR) is 365 cm³/mol. The zero-order chi connectivity index (χ0) is 58.3. The van der Waals surface area contributed by atoms with Crippen molar-refractivity contribution < 1.29 is 9.52 Å². The van der Waals surface area contributed by atoms with Gasteiger partial charge in [-0.2, -0.15) is 0 Å². The molecule has 86 heavy (non-hydrogen) atoms. The smallest absolute Gasteiger partial charge is 0.159 e. The predicted octanol–water partition coefficient (Wildman–Crippen LogP) is 24.1. The van der Waals surface area contributed by atoms with Crippen LogP contribution >= 0.6 is 0 Å². The van der Waals surface area contributed by atoms with E-state index in [-0.39, 0.29) is 5.75 Å². The van der Waals surface area contributed by atoms with E-state index in [9.17, 15) is 5.11 Å². The Bertz CT molecular complexity index is 4780. The molecular formula is C82H74N2O2. The topological polar surface area (TPSA) is 39.9 Å². The molecule has 0 amide bonds. The van der Waals surface area contributed by atoms with Crippen LogP contribution in [0.1, 0.15) is 121 Å². The molecule has 0 bridgehead atoms. The minimum Gasteiger partial charge on any atom is -0.505 e. The standard InChI is InChI=1S/C82H74N2O2/c1-50-37-39-60(45-54(50)5)83(74-35-19-31-64(80(74)85)59-28-17-27-58(47-59)62-29-15-13-21-52(62)3)76-48-72(56-23-9-7-10-24-56)65-42-44-71-77(49-73(57-25-11-8-12-26-57)66-41-43-70(76)78(65)79(66)71)84(61-40-38-51(2)55(6)46-61)75-36-20-34-69-68-33-18-32-67(81(68)86-82(69)75)63-30-16-14-22-53(63)4/h13-22,27-49,56-57,85H,7-12,23-26H2,1-6H3. The van der Waals surface area contributed by atoms with Gasteiger partial charge in [0.15, 0.2) is 5.58 Å². The highest BCUT2D eigenvalue weighted by atomic mass is 16.3. The Balaban J connectivity index is 1.03. The van der Waals surface area contributed by atoms with E-state index < -0.39 is 0 Å². The van der Waals surface area contributed by atoms with E-state index >= 15 is 0 Å². The molecule has 0 atom stereocenters. The van der Waals surface area contributed by atoms with Crippen molar-refractivity contribution in [2.75, 3.05) is 9.80 Å². The lowest BCUT2D eigenvalue weighted by molar-refractivity contribution is 0.445. The molecule has 0 saturated heterocycles. The Kier molecular flexibility index (Phi) is 13.6. The Morgan fingerprint density at radius 3 is 1.35 bits per heavy atom. The van der Waals surface area contributed by atoms with Crippen LogP contribution in [0.2, 0.25) is 0 Å². The van der Waals surface area contributed by atoms with Gasteiger partial charge in [-0.15, -0.1) is 0 Å². The molecule has 424 valence electrons. The van der Waals surface area contributed by atoms with Crippen LogP contribution in [-0.4, -0.2) is 5.11 Å². The Labute approximate surface area is 506 Å². The van der Waals surface area contributed by atoms with Crippen LogP contribution in [0, 0.1) is 41.5 Å². The number of hydrogen-bond acceptors (Lipinski definition) is 4. The lowest BCUT2D eigenvalue weighted by atomic mass is 9.77. The molecule has 2 aliphatic carbocycles. The second kappa shape index (κ2) is 21.7. The molecule has 0 unspecified atom stereocenters. The fourth-order valence-corrected chi connectivity index (χ4v) is 15.2. The van der Waals surface area contributed by atoms with Gasteiger partial charge in [-0.05, 0) is 222 Å². The van der Waals surface area contributed by atoms with Gasteiger partial charge in [0.25, 0.3) is 0 Å². The summed E-state index contributed by atoms with van der Waals surface area (Å²) in [4.78, 5) is 4.94. The maximum atomic E-state index is 13.2. The van der Waals surface area contributed by atoms with Crippen LogP contribution in [0.15, 0.2) is 205 Å². The molecule has 1 aromatic heterocycles. The molecule has 1 heterocycles. The zero-order valence-corrected chi connectivity index (χ0v) is 50.5. The van der Waals surface area contributed by atoms with Gasteiger partial charge in [0, 0.05) is 44.0 Å². The molecule has 2 fully saturated rings. The molecule has 15 rings (SSSR count). The van der Waals surface area contributed by atoms with Crippen LogP contribution in [0.4, 0.5) is 34.1 Å². The van der Waals surface area contributed by atoms with E-state index in [4.69, 9.17) is 4.42 Å². The second-order valence-corrected chi connectivity index (χ2v) is 25.2. The van der Waals surface area contributed by atoms with Gasteiger partial charge in [-0.25, -0.2) is 0 Å². The number of nitrogens with zero attached hydrogens (tertiary/aromatic N) is 2. The van der Waals surface area contributed by atoms with E-state index in [0.29, 0.717) is 11.8 Å². The number of phenols is 1. The molecule has 0 radical (unpaired) electrons. The molecule has 2 aliphatic rings. The molecule has 13 aromatic rings. The summed E-state index contributed by atoms with van der Waals surface area (Å²) in [5.74, 6) is 1.05. The van der Waals surface area contributed by atoms with Crippen molar-refractivity contribution >= 4 is 88.4 Å². The summed E-state index contributed by atoms with van der Waals surface area (Å²) in [5.41, 5.74) is 24.6. The SMILES string of the molecule is Cc1ccc(N(c2cccc(-c3cccc(-c4ccccc4C)c3)c2O)c2cc(C3CCCCC3)c3ccc4c(N(c5ccc(C)c(C)c5)c5cccc6c5oc5c(-c7ccccc7C)cccc56)cc(C5CCCCC5)c5ccc2c3c54)cc1C. The third kappa shape index (κ3) is 9.02. The van der Waals surface area contributed by atoms with Crippen LogP contribution in [-0.2, 0) is 0 Å². The molecule has 4 nitrogen and oxygen atoms in total. The monoisotopic (exact) mass is 1120 g/mol. The normalized spacial score (nSPS) is 14.3. The van der Waals surface area contributed by atoms with Crippen molar-refractivity contribution in [2.24, 2.45) is 0 Å². The number of hydrogen-bond donors (Lipinski definition) is 1. The van der Waals surface area contributed by atoms with E-state index in [0.717, 1.165) is 104 Å². The molecule has 0 spiro atoms. The molecule has 0 aliphatic heterocycles. The maximum absolute atomic E-state index is 13.2. The van der Waals surface area contributed by atoms with Gasteiger partial charge in [0.1, 0.15) is 11.3 Å². The van der Waals surface area contributed by atoms with E-state index in [2.05, 4.69) is 252 Å². The number of fused-ring (bicyclic) bond motifs is 3. The maximum Gasteiger partial charge on any atom is 0.159 e. The summed E-state index contributed by atoms with van der Waals surface area (Å²) in [6.07, 6.45) is 12.1. The van der Waals surface area contributed by atoms with Crippen LogP contribution in [0.3, 0.4) is 0 Å².